The molecule has 2 rings (SSSR count). The van der Waals surface area contributed by atoms with Crippen molar-refractivity contribution in [3.63, 3.8) is 0 Å². The maximum absolute atomic E-state index is 10.9. The van der Waals surface area contributed by atoms with Crippen LogP contribution in [0.3, 0.4) is 0 Å². The molecule has 4 heteroatoms. The fraction of sp³-hybridized carbons (Fsp3) is 0.133. The van der Waals surface area contributed by atoms with Crippen LogP contribution < -0.4 is 4.74 Å². The Morgan fingerprint density at radius 2 is 2.05 bits per heavy atom. The topological polar surface area (TPSA) is 46.5 Å². The van der Waals surface area contributed by atoms with Gasteiger partial charge in [-0.25, -0.2) is 4.79 Å². The van der Waals surface area contributed by atoms with Crippen molar-refractivity contribution in [3.8, 4) is 5.75 Å². The zero-order valence-corrected chi connectivity index (χ0v) is 11.1. The minimum Gasteiger partial charge on any atom is -0.489 e. The van der Waals surface area contributed by atoms with Gasteiger partial charge in [-0.05, 0) is 42.3 Å². The molecule has 0 bridgehead atoms. The minimum atomic E-state index is -0.944. The molecule has 1 N–H and O–H groups in total. The van der Waals surface area contributed by atoms with Gasteiger partial charge >= 0.3 is 5.97 Å². The summed E-state index contributed by atoms with van der Waals surface area (Å²) in [5.41, 5.74) is 2.04. The van der Waals surface area contributed by atoms with Crippen LogP contribution in [0.1, 0.15) is 21.5 Å². The van der Waals surface area contributed by atoms with Gasteiger partial charge in [0.25, 0.3) is 0 Å². The van der Waals surface area contributed by atoms with E-state index >= 15 is 0 Å². The molecule has 98 valence electrons. The Bertz CT molecular complexity index is 608. The van der Waals surface area contributed by atoms with E-state index in [-0.39, 0.29) is 5.56 Å². The van der Waals surface area contributed by atoms with Crippen LogP contribution in [0, 0.1) is 6.92 Å². The van der Waals surface area contributed by atoms with Crippen LogP contribution >= 0.6 is 11.6 Å². The highest BCUT2D eigenvalue weighted by molar-refractivity contribution is 6.30. The predicted octanol–water partition coefficient (Wildman–Crippen LogP) is 3.93. The van der Waals surface area contributed by atoms with Crippen molar-refractivity contribution in [1.82, 2.24) is 0 Å². The van der Waals surface area contributed by atoms with Gasteiger partial charge in [0.15, 0.2) is 0 Å². The predicted molar refractivity (Wildman–Crippen MR) is 73.9 cm³/mol. The maximum atomic E-state index is 10.9. The number of halogens is 1. The van der Waals surface area contributed by atoms with Crippen LogP contribution in [0.25, 0.3) is 0 Å². The van der Waals surface area contributed by atoms with E-state index in [1.54, 1.807) is 30.3 Å². The highest BCUT2D eigenvalue weighted by atomic mass is 35.5. The smallest absolute Gasteiger partial charge is 0.335 e. The molecule has 2 aromatic carbocycles. The van der Waals surface area contributed by atoms with Gasteiger partial charge in [-0.15, -0.1) is 0 Å². The summed E-state index contributed by atoms with van der Waals surface area (Å²) in [5.74, 6) is -0.242. The van der Waals surface area contributed by atoms with Crippen molar-refractivity contribution in [2.75, 3.05) is 0 Å². The Kier molecular flexibility index (Phi) is 4.07. The van der Waals surface area contributed by atoms with E-state index in [1.807, 2.05) is 19.1 Å². The number of carbonyl (C=O) groups is 1. The number of hydrogen-bond donors (Lipinski definition) is 1. The molecule has 0 saturated carbocycles. The summed E-state index contributed by atoms with van der Waals surface area (Å²) in [6, 6.07) is 12.1. The van der Waals surface area contributed by atoms with Crippen molar-refractivity contribution < 1.29 is 14.6 Å². The van der Waals surface area contributed by atoms with E-state index in [0.717, 1.165) is 11.1 Å². The monoisotopic (exact) mass is 276 g/mol. The third-order valence-corrected chi connectivity index (χ3v) is 2.95. The van der Waals surface area contributed by atoms with Gasteiger partial charge in [-0.3, -0.25) is 0 Å². The quantitative estimate of drug-likeness (QED) is 0.920. The molecule has 0 spiro atoms. The van der Waals surface area contributed by atoms with E-state index in [2.05, 4.69) is 0 Å². The third kappa shape index (κ3) is 3.48. The van der Waals surface area contributed by atoms with Gasteiger partial charge < -0.3 is 9.84 Å². The van der Waals surface area contributed by atoms with Crippen LogP contribution in [0.4, 0.5) is 0 Å². The molecule has 0 atom stereocenters. The van der Waals surface area contributed by atoms with E-state index in [0.29, 0.717) is 17.4 Å². The Balaban J connectivity index is 2.12. The first-order valence-corrected chi connectivity index (χ1v) is 6.15. The van der Waals surface area contributed by atoms with Crippen molar-refractivity contribution >= 4 is 17.6 Å². The summed E-state index contributed by atoms with van der Waals surface area (Å²) < 4.78 is 5.66. The molecule has 0 aliphatic carbocycles. The van der Waals surface area contributed by atoms with Gasteiger partial charge in [0.05, 0.1) is 5.56 Å². The first-order valence-electron chi connectivity index (χ1n) is 5.77. The van der Waals surface area contributed by atoms with Crippen molar-refractivity contribution in [2.45, 2.75) is 13.5 Å². The number of hydrogen-bond acceptors (Lipinski definition) is 2. The Morgan fingerprint density at radius 1 is 1.26 bits per heavy atom. The fourth-order valence-corrected chi connectivity index (χ4v) is 1.85. The lowest BCUT2D eigenvalue weighted by Gasteiger charge is -2.10. The summed E-state index contributed by atoms with van der Waals surface area (Å²) >= 11 is 5.91. The summed E-state index contributed by atoms with van der Waals surface area (Å²) in [6.07, 6.45) is 0. The van der Waals surface area contributed by atoms with Crippen molar-refractivity contribution in [1.29, 1.82) is 0 Å². The van der Waals surface area contributed by atoms with Gasteiger partial charge in [0.1, 0.15) is 12.4 Å². The van der Waals surface area contributed by atoms with Crippen LogP contribution in [0.15, 0.2) is 42.5 Å². The number of ether oxygens (including phenoxy) is 1. The Labute approximate surface area is 116 Å². The Hall–Kier alpha value is -2.00. The van der Waals surface area contributed by atoms with Gasteiger partial charge in [0, 0.05) is 5.02 Å². The number of benzene rings is 2. The van der Waals surface area contributed by atoms with Gasteiger partial charge in [-0.1, -0.05) is 29.8 Å². The summed E-state index contributed by atoms with van der Waals surface area (Å²) in [7, 11) is 0. The molecule has 0 fully saturated rings. The minimum absolute atomic E-state index is 0.254. The first kappa shape index (κ1) is 13.4. The highest BCUT2D eigenvalue weighted by Crippen LogP contribution is 2.23. The van der Waals surface area contributed by atoms with E-state index in [9.17, 15) is 4.79 Å². The molecule has 2 aromatic rings. The number of aromatic carboxylic acids is 1. The molecule has 19 heavy (non-hydrogen) atoms. The van der Waals surface area contributed by atoms with E-state index in [4.69, 9.17) is 21.4 Å². The zero-order valence-electron chi connectivity index (χ0n) is 10.4. The Morgan fingerprint density at radius 3 is 2.79 bits per heavy atom. The normalized spacial score (nSPS) is 10.2. The molecule has 0 aromatic heterocycles. The largest absolute Gasteiger partial charge is 0.489 e. The number of rotatable bonds is 4. The molecule has 0 saturated heterocycles. The van der Waals surface area contributed by atoms with Crippen molar-refractivity contribution in [3.05, 3.63) is 64.2 Å². The fourth-order valence-electron chi connectivity index (χ4n) is 1.68. The summed E-state index contributed by atoms with van der Waals surface area (Å²) in [6.45, 7) is 2.24. The second kappa shape index (κ2) is 5.76. The zero-order chi connectivity index (χ0) is 13.8. The molecule has 0 unspecified atom stereocenters. The molecule has 0 radical (unpaired) electrons. The van der Waals surface area contributed by atoms with Crippen molar-refractivity contribution in [2.24, 2.45) is 0 Å². The van der Waals surface area contributed by atoms with Gasteiger partial charge in [0.2, 0.25) is 0 Å². The summed E-state index contributed by atoms with van der Waals surface area (Å²) in [5, 5.41) is 9.53. The lowest BCUT2D eigenvalue weighted by atomic mass is 10.1. The molecule has 0 amide bonds. The van der Waals surface area contributed by atoms with E-state index in [1.165, 1.54) is 0 Å². The van der Waals surface area contributed by atoms with Gasteiger partial charge in [-0.2, -0.15) is 0 Å². The van der Waals surface area contributed by atoms with E-state index < -0.39 is 5.97 Å². The standard InChI is InChI=1S/C15H13ClO3/c1-10-5-6-13(16)8-14(10)19-9-11-3-2-4-12(7-11)15(17)18/h2-8H,9H2,1H3,(H,17,18). The average Bonchev–Trinajstić information content (AvgIpc) is 2.40. The van der Waals surface area contributed by atoms with Crippen LogP contribution in [-0.4, -0.2) is 11.1 Å². The molecule has 0 heterocycles. The average molecular weight is 277 g/mol. The SMILES string of the molecule is Cc1ccc(Cl)cc1OCc1cccc(C(=O)O)c1. The first-order chi connectivity index (χ1) is 9.06. The number of aryl methyl sites for hydroxylation is 1. The second-order valence-electron chi connectivity index (χ2n) is 4.20. The lowest BCUT2D eigenvalue weighted by Crippen LogP contribution is -2.01. The third-order valence-electron chi connectivity index (χ3n) is 2.72. The molecule has 3 nitrogen and oxygen atoms in total. The lowest BCUT2D eigenvalue weighted by molar-refractivity contribution is 0.0696. The molecule has 0 aliphatic rings. The highest BCUT2D eigenvalue weighted by Gasteiger charge is 2.05. The molecule has 0 aliphatic heterocycles. The maximum Gasteiger partial charge on any atom is 0.335 e. The van der Waals surface area contributed by atoms with Crippen LogP contribution in [-0.2, 0) is 6.61 Å². The summed E-state index contributed by atoms with van der Waals surface area (Å²) in [4.78, 5) is 10.9. The molecular formula is C15H13ClO3. The number of carboxylic acid groups (broad SMARTS) is 1. The number of carboxylic acids is 1. The van der Waals surface area contributed by atoms with Crippen LogP contribution in [0.5, 0.6) is 5.75 Å². The van der Waals surface area contributed by atoms with Crippen LogP contribution in [0.2, 0.25) is 5.02 Å². The second-order valence-corrected chi connectivity index (χ2v) is 4.64. The molecular weight excluding hydrogens is 264 g/mol.